The summed E-state index contributed by atoms with van der Waals surface area (Å²) in [7, 11) is -2.35. The summed E-state index contributed by atoms with van der Waals surface area (Å²) in [6, 6.07) is 33.2. The van der Waals surface area contributed by atoms with Crippen LogP contribution in [0, 0.1) is 11.3 Å². The van der Waals surface area contributed by atoms with Crippen molar-refractivity contribution in [2.24, 2.45) is 0 Å². The van der Waals surface area contributed by atoms with Crippen molar-refractivity contribution in [2.75, 3.05) is 13.2 Å². The van der Waals surface area contributed by atoms with E-state index >= 15 is 0 Å². The molecule has 3 nitrogen and oxygen atoms in total. The van der Waals surface area contributed by atoms with Crippen molar-refractivity contribution in [3.05, 3.63) is 103 Å². The molecule has 0 spiro atoms. The molecule has 0 aliphatic rings. The van der Waals surface area contributed by atoms with Crippen LogP contribution in [0.3, 0.4) is 0 Å². The summed E-state index contributed by atoms with van der Waals surface area (Å²) in [4.78, 5) is 0. The van der Waals surface area contributed by atoms with Crippen LogP contribution in [-0.2, 0) is 0 Å². The molecule has 0 aliphatic carbocycles. The third kappa shape index (κ3) is 4.44. The Kier molecular flexibility index (Phi) is 8.66. The summed E-state index contributed by atoms with van der Waals surface area (Å²) in [5.74, 6) is 0. The van der Waals surface area contributed by atoms with Crippen molar-refractivity contribution in [1.29, 1.82) is 5.26 Å². The number of hydrogen-bond acceptors (Lipinski definition) is 3. The van der Waals surface area contributed by atoms with Crippen LogP contribution in [0.15, 0.2) is 103 Å². The predicted molar refractivity (Wildman–Crippen MR) is 129 cm³/mol. The fraction of sp³-hybridized carbons (Fsp3) is 0.0870. The van der Waals surface area contributed by atoms with Crippen LogP contribution in [0.1, 0.15) is 0 Å². The SMILES string of the molecule is I.N#C/C(=C\NCCO)[P+](c1ccccc1)(c1ccccc1)c1ccccc1. The van der Waals surface area contributed by atoms with E-state index in [9.17, 15) is 5.26 Å². The lowest BCUT2D eigenvalue weighted by Crippen LogP contribution is -2.32. The Morgan fingerprint density at radius 1 is 0.821 bits per heavy atom. The maximum atomic E-state index is 10.2. The molecule has 0 radical (unpaired) electrons. The lowest BCUT2D eigenvalue weighted by Gasteiger charge is -2.26. The zero-order valence-corrected chi connectivity index (χ0v) is 18.6. The third-order valence-corrected chi connectivity index (χ3v) is 8.57. The quantitative estimate of drug-likeness (QED) is 0.226. The minimum Gasteiger partial charge on any atom is -0.395 e. The van der Waals surface area contributed by atoms with Crippen molar-refractivity contribution in [3.8, 4) is 6.07 Å². The molecule has 0 saturated carbocycles. The highest BCUT2D eigenvalue weighted by molar-refractivity contribution is 14.0. The smallest absolute Gasteiger partial charge is 0.201 e. The van der Waals surface area contributed by atoms with Gasteiger partial charge in [0.1, 0.15) is 22.0 Å². The first kappa shape index (κ1) is 22.1. The second-order valence-electron chi connectivity index (χ2n) is 6.00. The number of nitrogens with one attached hydrogen (secondary N) is 1. The maximum Gasteiger partial charge on any atom is 0.201 e. The lowest BCUT2D eigenvalue weighted by atomic mass is 10.4. The average Bonchev–Trinajstić information content (AvgIpc) is 2.75. The number of rotatable bonds is 7. The largest absolute Gasteiger partial charge is 0.395 e. The summed E-state index contributed by atoms with van der Waals surface area (Å²) in [6.07, 6.45) is 1.77. The summed E-state index contributed by atoms with van der Waals surface area (Å²) in [5.41, 5.74) is 0. The molecule has 0 amide bonds. The van der Waals surface area contributed by atoms with Crippen LogP contribution >= 0.6 is 31.2 Å². The van der Waals surface area contributed by atoms with Crippen LogP contribution in [0.5, 0.6) is 0 Å². The Hall–Kier alpha value is -2.19. The minimum absolute atomic E-state index is 0. The minimum atomic E-state index is -2.35. The number of halogens is 1. The van der Waals surface area contributed by atoms with Gasteiger partial charge in [0.05, 0.1) is 12.8 Å². The van der Waals surface area contributed by atoms with E-state index in [-0.39, 0.29) is 30.6 Å². The van der Waals surface area contributed by atoms with E-state index in [1.54, 1.807) is 6.20 Å². The van der Waals surface area contributed by atoms with Gasteiger partial charge in [-0.3, -0.25) is 0 Å². The van der Waals surface area contributed by atoms with Gasteiger partial charge in [0.15, 0.2) is 7.26 Å². The highest BCUT2D eigenvalue weighted by Crippen LogP contribution is 2.61. The number of nitrogens with zero attached hydrogens (tertiary/aromatic N) is 1. The molecule has 0 heterocycles. The van der Waals surface area contributed by atoms with Crippen molar-refractivity contribution >= 4 is 47.2 Å². The van der Waals surface area contributed by atoms with Crippen molar-refractivity contribution in [3.63, 3.8) is 0 Å². The second-order valence-corrected chi connectivity index (χ2v) is 9.37. The Morgan fingerprint density at radius 3 is 1.54 bits per heavy atom. The van der Waals surface area contributed by atoms with Crippen LogP contribution < -0.4 is 21.2 Å². The van der Waals surface area contributed by atoms with Gasteiger partial charge in [0.25, 0.3) is 0 Å². The summed E-state index contributed by atoms with van der Waals surface area (Å²) in [6.45, 7) is 0.423. The summed E-state index contributed by atoms with van der Waals surface area (Å²) in [5, 5.41) is 26.4. The average molecular weight is 501 g/mol. The van der Waals surface area contributed by atoms with E-state index in [4.69, 9.17) is 5.11 Å². The van der Waals surface area contributed by atoms with Gasteiger partial charge < -0.3 is 10.4 Å². The number of hydrogen-bond donors (Lipinski definition) is 2. The highest BCUT2D eigenvalue weighted by atomic mass is 127. The van der Waals surface area contributed by atoms with Crippen LogP contribution in [-0.4, -0.2) is 18.3 Å². The first-order valence-corrected chi connectivity index (χ1v) is 10.6. The number of benzene rings is 3. The van der Waals surface area contributed by atoms with Crippen LogP contribution in [0.25, 0.3) is 0 Å². The van der Waals surface area contributed by atoms with E-state index < -0.39 is 7.26 Å². The molecule has 3 aromatic rings. The summed E-state index contributed by atoms with van der Waals surface area (Å²) >= 11 is 0. The van der Waals surface area contributed by atoms with E-state index in [0.717, 1.165) is 15.9 Å². The maximum absolute atomic E-state index is 10.2. The molecule has 5 heteroatoms. The molecular weight excluding hydrogens is 478 g/mol. The molecule has 3 aromatic carbocycles. The molecule has 142 valence electrons. The van der Waals surface area contributed by atoms with Gasteiger partial charge in [0, 0.05) is 6.54 Å². The lowest BCUT2D eigenvalue weighted by molar-refractivity contribution is 0.298. The number of allylic oxidation sites excluding steroid dienone is 1. The topological polar surface area (TPSA) is 56.0 Å². The molecule has 0 bridgehead atoms. The molecular formula is C23H23IN2OP+. The van der Waals surface area contributed by atoms with Gasteiger partial charge in [-0.15, -0.1) is 24.0 Å². The predicted octanol–water partition coefficient (Wildman–Crippen LogP) is 3.55. The van der Waals surface area contributed by atoms with E-state index in [2.05, 4.69) is 47.8 Å². The molecule has 0 atom stereocenters. The third-order valence-electron chi connectivity index (χ3n) is 4.40. The molecule has 2 N–H and O–H groups in total. The van der Waals surface area contributed by atoms with Gasteiger partial charge >= 0.3 is 0 Å². The zero-order valence-electron chi connectivity index (χ0n) is 15.4. The molecule has 0 unspecified atom stereocenters. The monoisotopic (exact) mass is 501 g/mol. The fourth-order valence-electron chi connectivity index (χ4n) is 3.26. The van der Waals surface area contributed by atoms with E-state index in [1.165, 1.54) is 0 Å². The molecule has 28 heavy (non-hydrogen) atoms. The van der Waals surface area contributed by atoms with E-state index in [0.29, 0.717) is 11.9 Å². The Bertz CT molecular complexity index is 828. The normalized spacial score (nSPS) is 11.2. The molecule has 0 aliphatic heterocycles. The molecule has 0 saturated heterocycles. The molecule has 3 rings (SSSR count). The Labute approximate surface area is 184 Å². The molecule has 0 fully saturated rings. The number of aliphatic hydroxyl groups excluding tert-OH is 1. The van der Waals surface area contributed by atoms with Crippen molar-refractivity contribution in [2.45, 2.75) is 0 Å². The zero-order chi connectivity index (χ0) is 19.0. The van der Waals surface area contributed by atoms with Gasteiger partial charge in [-0.2, -0.15) is 5.26 Å². The van der Waals surface area contributed by atoms with Crippen molar-refractivity contribution in [1.82, 2.24) is 5.32 Å². The molecule has 0 aromatic heterocycles. The second kappa shape index (κ2) is 11.0. The number of aliphatic hydroxyl groups is 1. The highest BCUT2D eigenvalue weighted by Gasteiger charge is 2.50. The van der Waals surface area contributed by atoms with Crippen LogP contribution in [0.2, 0.25) is 0 Å². The number of nitriles is 1. The van der Waals surface area contributed by atoms with Gasteiger partial charge in [-0.1, -0.05) is 54.6 Å². The Morgan fingerprint density at radius 2 is 1.21 bits per heavy atom. The van der Waals surface area contributed by atoms with E-state index in [1.807, 2.05) is 54.6 Å². The summed E-state index contributed by atoms with van der Waals surface area (Å²) < 4.78 is 0. The van der Waals surface area contributed by atoms with Gasteiger partial charge in [0.2, 0.25) is 5.31 Å². The Balaban J connectivity index is 0.00000280. The first-order valence-electron chi connectivity index (χ1n) is 8.85. The van der Waals surface area contributed by atoms with Crippen LogP contribution in [0.4, 0.5) is 0 Å². The van der Waals surface area contributed by atoms with Crippen molar-refractivity contribution < 1.29 is 5.11 Å². The fourth-order valence-corrected chi connectivity index (χ4v) is 7.28. The first-order chi connectivity index (χ1) is 13.3. The van der Waals surface area contributed by atoms with Gasteiger partial charge in [-0.25, -0.2) is 0 Å². The standard InChI is InChI=1S/C23H22N2OP.HI/c24-18-23(19-25-16-17-26)27(20-10-4-1-5-11-20,21-12-6-2-7-13-21)22-14-8-3-9-15-22;/h1-15,19,25-26H,16-17H2;1H/q+1;/b23-19+;. The van der Waals surface area contributed by atoms with Gasteiger partial charge in [-0.05, 0) is 36.4 Å².